The number of ether oxygens (including phenoxy) is 1. The molecular weight excluding hydrogens is 1160 g/mol. The molecule has 0 spiro atoms. The molecule has 0 saturated heterocycles. The molecule has 0 atom stereocenters. The Morgan fingerprint density at radius 3 is 0.695 bits per heavy atom. The first-order valence-electron chi connectivity index (χ1n) is 34.6. The van der Waals surface area contributed by atoms with Gasteiger partial charge in [-0.3, -0.25) is 0 Å². The summed E-state index contributed by atoms with van der Waals surface area (Å²) in [5.41, 5.74) is 21.2. The molecule has 0 radical (unpaired) electrons. The number of benzene rings is 9. The second kappa shape index (κ2) is 21.5. The highest BCUT2D eigenvalue weighted by Crippen LogP contribution is 2.52. The van der Waals surface area contributed by atoms with Gasteiger partial charge in [0.25, 0.3) is 0 Å². The lowest BCUT2D eigenvalue weighted by Crippen LogP contribution is -2.17. The molecule has 0 aliphatic heterocycles. The molecule has 95 heavy (non-hydrogen) atoms. The Labute approximate surface area is 565 Å². The zero-order valence-corrected chi connectivity index (χ0v) is 61.7. The van der Waals surface area contributed by atoms with Crippen LogP contribution < -0.4 is 4.74 Å². The molecule has 0 aliphatic carbocycles. The molecule has 0 fully saturated rings. The molecule has 0 N–H and O–H groups in total. The van der Waals surface area contributed by atoms with Crippen LogP contribution in [0.1, 0.15) is 222 Å². The van der Waals surface area contributed by atoms with Crippen molar-refractivity contribution in [1.29, 1.82) is 5.26 Å². The number of aromatic nitrogens is 4. The van der Waals surface area contributed by atoms with Crippen LogP contribution in [0.25, 0.3) is 104 Å². The lowest BCUT2D eigenvalue weighted by atomic mass is 9.85. The summed E-state index contributed by atoms with van der Waals surface area (Å²) in [7, 11) is 1.87. The van der Waals surface area contributed by atoms with E-state index in [0.29, 0.717) is 17.9 Å². The number of hydrogen-bond donors (Lipinski definition) is 0. The third-order valence-corrected chi connectivity index (χ3v) is 20.9. The van der Waals surface area contributed by atoms with Gasteiger partial charge in [-0.2, -0.15) is 5.26 Å². The van der Waals surface area contributed by atoms with E-state index in [2.05, 4.69) is 336 Å². The van der Waals surface area contributed by atoms with E-state index in [1.54, 1.807) is 0 Å². The zero-order chi connectivity index (χ0) is 68.7. The van der Waals surface area contributed by atoms with Crippen LogP contribution in [0.3, 0.4) is 0 Å². The van der Waals surface area contributed by atoms with E-state index in [9.17, 15) is 5.26 Å². The molecular formula is C89H101N5O. The van der Waals surface area contributed by atoms with Crippen LogP contribution >= 0.6 is 0 Å². The van der Waals surface area contributed by atoms with Crippen molar-refractivity contribution in [3.63, 3.8) is 0 Å². The molecule has 4 heterocycles. The molecule has 0 bridgehead atoms. The van der Waals surface area contributed by atoms with Gasteiger partial charge in [0.2, 0.25) is 0 Å². The van der Waals surface area contributed by atoms with E-state index in [1.807, 2.05) is 7.11 Å². The molecule has 13 aromatic rings. The Hall–Kier alpha value is -8.53. The van der Waals surface area contributed by atoms with Crippen molar-refractivity contribution in [3.8, 4) is 28.9 Å². The lowest BCUT2D eigenvalue weighted by Gasteiger charge is -2.28. The highest BCUT2D eigenvalue weighted by atomic mass is 16.5. The number of nitriles is 1. The first-order chi connectivity index (χ1) is 44.1. The molecule has 0 aliphatic rings. The quantitative estimate of drug-likeness (QED) is 0.167. The first kappa shape index (κ1) is 65.1. The minimum absolute atomic E-state index is 0.0949. The molecule has 13 rings (SSSR count). The van der Waals surface area contributed by atoms with Gasteiger partial charge < -0.3 is 23.0 Å². The van der Waals surface area contributed by atoms with Gasteiger partial charge in [-0.1, -0.05) is 215 Å². The fourth-order valence-corrected chi connectivity index (χ4v) is 14.8. The summed E-state index contributed by atoms with van der Waals surface area (Å²) in [6.45, 7) is 55.7. The molecule has 488 valence electrons. The third kappa shape index (κ3) is 10.7. The van der Waals surface area contributed by atoms with Crippen LogP contribution in [-0.4, -0.2) is 25.4 Å². The smallest absolute Gasteiger partial charge is 0.152 e. The van der Waals surface area contributed by atoms with Gasteiger partial charge in [-0.25, -0.2) is 0 Å². The Bertz CT molecular complexity index is 5100. The van der Waals surface area contributed by atoms with E-state index in [1.165, 1.54) is 55.3 Å². The molecule has 9 aromatic carbocycles. The van der Waals surface area contributed by atoms with Crippen molar-refractivity contribution in [2.24, 2.45) is 0 Å². The molecule has 6 heteroatoms. The molecule has 0 saturated carbocycles. The van der Waals surface area contributed by atoms with E-state index in [0.717, 1.165) is 99.1 Å². The summed E-state index contributed by atoms with van der Waals surface area (Å²) in [5, 5.41) is 22.6. The summed E-state index contributed by atoms with van der Waals surface area (Å²) in [4.78, 5) is 0. The molecule has 4 aromatic heterocycles. The highest BCUT2D eigenvalue weighted by molar-refractivity contribution is 6.15. The van der Waals surface area contributed by atoms with Gasteiger partial charge in [0.15, 0.2) is 5.75 Å². The predicted molar refractivity (Wildman–Crippen MR) is 409 cm³/mol. The van der Waals surface area contributed by atoms with Crippen molar-refractivity contribution in [3.05, 3.63) is 201 Å². The number of nitrogens with zero attached hydrogens (tertiary/aromatic N) is 5. The minimum Gasteiger partial charge on any atom is -0.494 e. The van der Waals surface area contributed by atoms with Crippen LogP contribution in [-0.2, 0) is 49.9 Å². The van der Waals surface area contributed by atoms with Crippen molar-refractivity contribution in [2.45, 2.75) is 216 Å². The average Bonchev–Trinajstić information content (AvgIpc) is 1.67. The van der Waals surface area contributed by atoms with Gasteiger partial charge in [0, 0.05) is 59.7 Å². The zero-order valence-electron chi connectivity index (χ0n) is 61.7. The van der Waals surface area contributed by atoms with Crippen molar-refractivity contribution >= 4 is 87.2 Å². The standard InChI is InChI=1S/C89H101N5O/c1-82(2,3)52-26-34-70-60(42-52)61-43-53(83(4,5)6)27-35-71(61)91(70)51-69-78(92-72-36-28-54(84(7,8)9)44-62(72)63-45-55(85(10,11)12)29-37-73(63)92)68(50-90)79(93-74-38-30-56(86(13,14)15)46-64(74)65-47-57(87(16,17)18)31-39-75(65)93)80(81(69)95-25)94-76-40-32-58(88(19,20)21)48-66(76)67-49-59(89(22,23)24)33-41-77(67)94/h26-49H,51H2,1-25H3. The number of rotatable bonds is 6. The number of methoxy groups -OCH3 is 1. The van der Waals surface area contributed by atoms with Crippen molar-refractivity contribution < 1.29 is 4.74 Å². The second-order valence-electron chi connectivity index (χ2n) is 36.0. The largest absolute Gasteiger partial charge is 0.494 e. The summed E-state index contributed by atoms with van der Waals surface area (Å²) < 4.78 is 17.5. The normalized spacial score (nSPS) is 13.6. The fraction of sp³-hybridized carbons (Fsp3) is 0.382. The van der Waals surface area contributed by atoms with E-state index >= 15 is 0 Å². The van der Waals surface area contributed by atoms with Gasteiger partial charge in [-0.05, 0) is 185 Å². The Balaban J connectivity index is 1.33. The van der Waals surface area contributed by atoms with Crippen LogP contribution in [0.15, 0.2) is 146 Å². The highest BCUT2D eigenvalue weighted by Gasteiger charge is 2.36. The van der Waals surface area contributed by atoms with Crippen LogP contribution in [0.2, 0.25) is 0 Å². The number of fused-ring (bicyclic) bond motifs is 12. The van der Waals surface area contributed by atoms with E-state index in [-0.39, 0.29) is 43.3 Å². The Morgan fingerprint density at radius 2 is 0.484 bits per heavy atom. The predicted octanol–water partition coefficient (Wildman–Crippen LogP) is 24.4. The van der Waals surface area contributed by atoms with Crippen LogP contribution in [0, 0.1) is 11.3 Å². The summed E-state index contributed by atoms with van der Waals surface area (Å²) in [6.07, 6.45) is 0. The first-order valence-corrected chi connectivity index (χ1v) is 34.6. The van der Waals surface area contributed by atoms with Gasteiger partial charge in [0.1, 0.15) is 17.3 Å². The van der Waals surface area contributed by atoms with E-state index < -0.39 is 0 Å². The number of hydrogen-bond acceptors (Lipinski definition) is 2. The minimum atomic E-state index is -0.141. The van der Waals surface area contributed by atoms with E-state index in [4.69, 9.17) is 4.74 Å². The van der Waals surface area contributed by atoms with Gasteiger partial charge in [0.05, 0.1) is 58.1 Å². The third-order valence-electron chi connectivity index (χ3n) is 20.9. The fourth-order valence-electron chi connectivity index (χ4n) is 14.8. The summed E-state index contributed by atoms with van der Waals surface area (Å²) >= 11 is 0. The molecule has 6 nitrogen and oxygen atoms in total. The average molecular weight is 1260 g/mol. The van der Waals surface area contributed by atoms with Crippen LogP contribution in [0.4, 0.5) is 0 Å². The Kier molecular flexibility index (Phi) is 14.7. The monoisotopic (exact) mass is 1260 g/mol. The Morgan fingerprint density at radius 1 is 0.284 bits per heavy atom. The second-order valence-corrected chi connectivity index (χ2v) is 36.0. The lowest BCUT2D eigenvalue weighted by molar-refractivity contribution is 0.407. The van der Waals surface area contributed by atoms with Crippen molar-refractivity contribution in [2.75, 3.05) is 7.11 Å². The van der Waals surface area contributed by atoms with Crippen LogP contribution in [0.5, 0.6) is 5.75 Å². The molecule has 0 amide bonds. The van der Waals surface area contributed by atoms with Crippen molar-refractivity contribution in [1.82, 2.24) is 18.3 Å². The SMILES string of the molecule is COc1c(Cn2c3ccc(C(C)(C)C)cc3c3cc(C(C)(C)C)ccc32)c(-n2c3ccc(C(C)(C)C)cc3c3cc(C(C)(C)C)ccc32)c(C#N)c(-n2c3ccc(C(C)(C)C)cc3c3cc(C(C)(C)C)ccc32)c1-n1c2ccc(C(C)(C)C)cc2c2cc(C(C)(C)C)ccc21. The maximum atomic E-state index is 13.3. The molecule has 0 unspecified atom stereocenters. The summed E-state index contributed by atoms with van der Waals surface area (Å²) in [6, 6.07) is 59.9. The van der Waals surface area contributed by atoms with Gasteiger partial charge in [-0.15, -0.1) is 0 Å². The maximum absolute atomic E-state index is 13.3. The topological polar surface area (TPSA) is 52.7 Å². The van der Waals surface area contributed by atoms with Gasteiger partial charge >= 0.3 is 0 Å². The summed E-state index contributed by atoms with van der Waals surface area (Å²) in [5.74, 6) is 0.695. The maximum Gasteiger partial charge on any atom is 0.152 e.